The van der Waals surface area contributed by atoms with Crippen molar-refractivity contribution in [1.29, 1.82) is 0 Å². The first-order valence-electron chi connectivity index (χ1n) is 4.99. The van der Waals surface area contributed by atoms with Crippen LogP contribution in [0.15, 0.2) is 18.2 Å². The monoisotopic (exact) mass is 209 g/mol. The summed E-state index contributed by atoms with van der Waals surface area (Å²) in [6.07, 6.45) is 2.56. The number of ether oxygens (including phenoxy) is 2. The van der Waals surface area contributed by atoms with Gasteiger partial charge in [0.1, 0.15) is 0 Å². The topological polar surface area (TPSA) is 53.7 Å². The van der Waals surface area contributed by atoms with Gasteiger partial charge < -0.3 is 9.47 Å². The number of hydrogen-bond donors (Lipinski definition) is 1. The molecule has 0 saturated heterocycles. The predicted molar refractivity (Wildman–Crippen MR) is 55.6 cm³/mol. The van der Waals surface area contributed by atoms with Gasteiger partial charge in [-0.1, -0.05) is 12.1 Å². The molecule has 0 amide bonds. The maximum Gasteiger partial charge on any atom is 0.167 e. The Balaban J connectivity index is 2.25. The van der Waals surface area contributed by atoms with Crippen LogP contribution in [-0.4, -0.2) is 13.2 Å². The first kappa shape index (κ1) is 10.3. The van der Waals surface area contributed by atoms with Crippen molar-refractivity contribution in [3.63, 3.8) is 0 Å². The van der Waals surface area contributed by atoms with Crippen LogP contribution in [-0.2, 0) is 11.4 Å². The molecule has 1 aromatic carbocycles. The molecule has 0 spiro atoms. The van der Waals surface area contributed by atoms with Gasteiger partial charge in [0, 0.05) is 5.56 Å². The Labute approximate surface area is 88.9 Å². The Morgan fingerprint density at radius 1 is 1.40 bits per heavy atom. The highest BCUT2D eigenvalue weighted by Crippen LogP contribution is 2.36. The molecule has 0 heterocycles. The van der Waals surface area contributed by atoms with Crippen molar-refractivity contribution in [2.75, 3.05) is 7.11 Å². The average molecular weight is 209 g/mol. The third kappa shape index (κ3) is 2.40. The van der Waals surface area contributed by atoms with Crippen molar-refractivity contribution >= 4 is 0 Å². The zero-order valence-electron chi connectivity index (χ0n) is 8.73. The van der Waals surface area contributed by atoms with Crippen molar-refractivity contribution in [1.82, 2.24) is 0 Å². The highest BCUT2D eigenvalue weighted by Gasteiger charge is 2.26. The number of benzene rings is 1. The maximum atomic E-state index is 5.77. The minimum Gasteiger partial charge on any atom is -0.493 e. The van der Waals surface area contributed by atoms with E-state index in [9.17, 15) is 0 Å². The number of methoxy groups -OCH3 is 1. The number of rotatable bonds is 5. The molecule has 1 aliphatic carbocycles. The van der Waals surface area contributed by atoms with E-state index in [4.69, 9.17) is 15.4 Å². The summed E-state index contributed by atoms with van der Waals surface area (Å²) in [5.74, 6) is 6.56. The molecule has 0 atom stereocenters. The van der Waals surface area contributed by atoms with E-state index in [1.165, 1.54) is 0 Å². The number of nitrogens with two attached hydrogens (primary N) is 1. The molecule has 0 aromatic heterocycles. The van der Waals surface area contributed by atoms with Crippen LogP contribution in [0.5, 0.6) is 11.5 Å². The van der Waals surface area contributed by atoms with Crippen LogP contribution in [0.2, 0.25) is 0 Å². The van der Waals surface area contributed by atoms with Crippen LogP contribution in [0.1, 0.15) is 18.4 Å². The van der Waals surface area contributed by atoms with E-state index < -0.39 is 0 Å². The van der Waals surface area contributed by atoms with Gasteiger partial charge in [0.25, 0.3) is 0 Å². The fourth-order valence-electron chi connectivity index (χ4n) is 1.41. The Hall–Kier alpha value is -1.26. The van der Waals surface area contributed by atoms with Gasteiger partial charge in [-0.05, 0) is 18.9 Å². The molecule has 0 bridgehead atoms. The SMILES string of the molecule is COc1cccc(CON)c1OC1CC1. The molecule has 0 radical (unpaired) electrons. The smallest absolute Gasteiger partial charge is 0.167 e. The van der Waals surface area contributed by atoms with Gasteiger partial charge in [0.2, 0.25) is 0 Å². The van der Waals surface area contributed by atoms with Crippen LogP contribution in [0.3, 0.4) is 0 Å². The van der Waals surface area contributed by atoms with Crippen LogP contribution in [0.4, 0.5) is 0 Å². The molecule has 2 rings (SSSR count). The van der Waals surface area contributed by atoms with Gasteiger partial charge in [0.05, 0.1) is 19.8 Å². The lowest BCUT2D eigenvalue weighted by Gasteiger charge is -2.13. The van der Waals surface area contributed by atoms with Gasteiger partial charge in [0.15, 0.2) is 11.5 Å². The molecular formula is C11H15NO3. The third-order valence-corrected chi connectivity index (χ3v) is 2.33. The molecule has 1 saturated carbocycles. The fraction of sp³-hybridized carbons (Fsp3) is 0.455. The lowest BCUT2D eigenvalue weighted by atomic mass is 10.2. The van der Waals surface area contributed by atoms with E-state index in [0.29, 0.717) is 12.7 Å². The normalized spacial score (nSPS) is 15.1. The molecule has 15 heavy (non-hydrogen) atoms. The molecule has 0 unspecified atom stereocenters. The Morgan fingerprint density at radius 3 is 2.80 bits per heavy atom. The standard InChI is InChI=1S/C11H15NO3/c1-13-10-4-2-3-8(7-14-12)11(10)15-9-5-6-9/h2-4,9H,5-7,12H2,1H3. The van der Waals surface area contributed by atoms with Gasteiger partial charge in [-0.25, -0.2) is 5.90 Å². The summed E-state index contributed by atoms with van der Waals surface area (Å²) in [6.45, 7) is 0.333. The Morgan fingerprint density at radius 2 is 2.20 bits per heavy atom. The summed E-state index contributed by atoms with van der Waals surface area (Å²) in [6, 6.07) is 5.69. The third-order valence-electron chi connectivity index (χ3n) is 2.33. The Bertz CT molecular complexity index is 337. The summed E-state index contributed by atoms with van der Waals surface area (Å²) in [5.41, 5.74) is 0.920. The van der Waals surface area contributed by atoms with Crippen molar-refractivity contribution in [2.24, 2.45) is 5.90 Å². The quantitative estimate of drug-likeness (QED) is 0.749. The highest BCUT2D eigenvalue weighted by atomic mass is 16.6. The van der Waals surface area contributed by atoms with E-state index in [2.05, 4.69) is 4.84 Å². The summed E-state index contributed by atoms with van der Waals surface area (Å²) >= 11 is 0. The molecule has 4 nitrogen and oxygen atoms in total. The van der Waals surface area contributed by atoms with E-state index in [1.54, 1.807) is 7.11 Å². The zero-order valence-corrected chi connectivity index (χ0v) is 8.73. The van der Waals surface area contributed by atoms with E-state index in [-0.39, 0.29) is 0 Å². The molecule has 82 valence electrons. The number of hydrogen-bond acceptors (Lipinski definition) is 4. The molecule has 0 aliphatic heterocycles. The summed E-state index contributed by atoms with van der Waals surface area (Å²) in [4.78, 5) is 4.63. The number of para-hydroxylation sites is 1. The van der Waals surface area contributed by atoms with Gasteiger partial charge >= 0.3 is 0 Å². The van der Waals surface area contributed by atoms with Gasteiger partial charge in [-0.2, -0.15) is 0 Å². The zero-order chi connectivity index (χ0) is 10.7. The van der Waals surface area contributed by atoms with Crippen LogP contribution < -0.4 is 15.4 Å². The van der Waals surface area contributed by atoms with Crippen molar-refractivity contribution in [2.45, 2.75) is 25.6 Å². The maximum absolute atomic E-state index is 5.77. The van der Waals surface area contributed by atoms with E-state index in [0.717, 1.165) is 29.9 Å². The van der Waals surface area contributed by atoms with Crippen LogP contribution in [0.25, 0.3) is 0 Å². The lowest BCUT2D eigenvalue weighted by molar-refractivity contribution is 0.120. The van der Waals surface area contributed by atoms with Crippen molar-refractivity contribution < 1.29 is 14.3 Å². The van der Waals surface area contributed by atoms with E-state index >= 15 is 0 Å². The summed E-state index contributed by atoms with van der Waals surface area (Å²) < 4.78 is 11.0. The van der Waals surface area contributed by atoms with Crippen molar-refractivity contribution in [3.8, 4) is 11.5 Å². The van der Waals surface area contributed by atoms with Crippen LogP contribution in [0, 0.1) is 0 Å². The second-order valence-electron chi connectivity index (χ2n) is 3.58. The lowest BCUT2D eigenvalue weighted by Crippen LogP contribution is -2.05. The van der Waals surface area contributed by atoms with Crippen molar-refractivity contribution in [3.05, 3.63) is 23.8 Å². The van der Waals surface area contributed by atoms with Crippen LogP contribution >= 0.6 is 0 Å². The molecule has 4 heteroatoms. The highest BCUT2D eigenvalue weighted by molar-refractivity contribution is 5.46. The minimum absolute atomic E-state index is 0.331. The van der Waals surface area contributed by atoms with E-state index in [1.807, 2.05) is 18.2 Å². The molecular weight excluding hydrogens is 194 g/mol. The Kier molecular flexibility index (Phi) is 3.08. The average Bonchev–Trinajstić information content (AvgIpc) is 3.05. The first-order chi connectivity index (χ1) is 7.35. The van der Waals surface area contributed by atoms with Gasteiger partial charge in [-0.3, -0.25) is 4.84 Å². The second kappa shape index (κ2) is 4.51. The molecule has 1 fully saturated rings. The first-order valence-corrected chi connectivity index (χ1v) is 4.99. The molecule has 2 N–H and O–H groups in total. The largest absolute Gasteiger partial charge is 0.493 e. The minimum atomic E-state index is 0.331. The molecule has 1 aromatic rings. The summed E-state index contributed by atoms with van der Waals surface area (Å²) in [5, 5.41) is 0. The fourth-order valence-corrected chi connectivity index (χ4v) is 1.41. The summed E-state index contributed by atoms with van der Waals surface area (Å²) in [7, 11) is 1.63. The second-order valence-corrected chi connectivity index (χ2v) is 3.58. The predicted octanol–water partition coefficient (Wildman–Crippen LogP) is 1.63. The van der Waals surface area contributed by atoms with Gasteiger partial charge in [-0.15, -0.1) is 0 Å². The molecule has 1 aliphatic rings.